The summed E-state index contributed by atoms with van der Waals surface area (Å²) in [7, 11) is 1.60. The van der Waals surface area contributed by atoms with Crippen LogP contribution in [0.25, 0.3) is 10.9 Å². The van der Waals surface area contributed by atoms with Crippen LogP contribution in [0.15, 0.2) is 18.5 Å². The van der Waals surface area contributed by atoms with E-state index in [0.29, 0.717) is 23.3 Å². The second kappa shape index (κ2) is 5.87. The molecule has 0 bridgehead atoms. The Morgan fingerprint density at radius 2 is 2.06 bits per heavy atom. The van der Waals surface area contributed by atoms with Crippen molar-refractivity contribution in [3.63, 3.8) is 0 Å². The minimum absolute atomic E-state index is 0.415. The molecule has 2 rings (SSSR count). The lowest BCUT2D eigenvalue weighted by Crippen LogP contribution is -1.99. The number of unbranched alkanes of at least 4 members (excludes halogenated alkanes) is 1. The molecule has 4 nitrogen and oxygen atoms in total. The van der Waals surface area contributed by atoms with Crippen molar-refractivity contribution in [2.75, 3.05) is 13.7 Å². The number of rotatable bonds is 5. The average Bonchev–Trinajstić information content (AvgIpc) is 2.39. The van der Waals surface area contributed by atoms with Crippen molar-refractivity contribution >= 4 is 22.5 Å². The Morgan fingerprint density at radius 3 is 2.78 bits per heavy atom. The quantitative estimate of drug-likeness (QED) is 0.614. The van der Waals surface area contributed by atoms with E-state index in [1.807, 2.05) is 6.07 Å². The van der Waals surface area contributed by atoms with Crippen molar-refractivity contribution in [2.24, 2.45) is 0 Å². The number of aromatic nitrogens is 2. The molecule has 0 atom stereocenters. The van der Waals surface area contributed by atoms with Gasteiger partial charge in [0.25, 0.3) is 0 Å². The molecule has 0 saturated carbocycles. The molecule has 0 aliphatic heterocycles. The summed E-state index contributed by atoms with van der Waals surface area (Å²) in [6, 6.07) is 3.64. The number of ether oxygens (including phenoxy) is 2. The zero-order valence-electron chi connectivity index (χ0n) is 10.4. The first kappa shape index (κ1) is 12.9. The highest BCUT2D eigenvalue weighted by Gasteiger charge is 2.10. The third-order valence-corrected chi connectivity index (χ3v) is 2.93. The van der Waals surface area contributed by atoms with Crippen LogP contribution in [0, 0.1) is 0 Å². The van der Waals surface area contributed by atoms with Gasteiger partial charge in [0.1, 0.15) is 11.5 Å². The van der Waals surface area contributed by atoms with E-state index < -0.39 is 0 Å². The molecule has 0 unspecified atom stereocenters. The minimum atomic E-state index is 0.415. The fourth-order valence-corrected chi connectivity index (χ4v) is 1.83. The molecule has 0 aliphatic carbocycles. The largest absolute Gasteiger partial charge is 0.493 e. The molecule has 0 N–H and O–H groups in total. The second-order valence-corrected chi connectivity index (χ2v) is 4.24. The Bertz CT molecular complexity index is 546. The standard InChI is InChI=1S/C13H15ClN2O2/c1-3-4-5-18-12-7-10-9(6-11(12)17-2)13(14)16-8-15-10/h6-8H,3-5H2,1-2H3. The van der Waals surface area contributed by atoms with Crippen molar-refractivity contribution in [3.8, 4) is 11.5 Å². The molecule has 0 aliphatic rings. The summed E-state index contributed by atoms with van der Waals surface area (Å²) in [5.74, 6) is 1.34. The molecule has 18 heavy (non-hydrogen) atoms. The van der Waals surface area contributed by atoms with E-state index in [2.05, 4.69) is 16.9 Å². The van der Waals surface area contributed by atoms with Crippen LogP contribution in [0.4, 0.5) is 0 Å². The predicted molar refractivity (Wildman–Crippen MR) is 71.5 cm³/mol. The van der Waals surface area contributed by atoms with Crippen molar-refractivity contribution in [3.05, 3.63) is 23.6 Å². The van der Waals surface area contributed by atoms with Gasteiger partial charge in [-0.1, -0.05) is 24.9 Å². The molecular formula is C13H15ClN2O2. The molecular weight excluding hydrogens is 252 g/mol. The summed E-state index contributed by atoms with van der Waals surface area (Å²) in [6.07, 6.45) is 3.53. The summed E-state index contributed by atoms with van der Waals surface area (Å²) < 4.78 is 11.0. The molecule has 0 amide bonds. The van der Waals surface area contributed by atoms with E-state index in [9.17, 15) is 0 Å². The molecule has 1 heterocycles. The van der Waals surface area contributed by atoms with Crippen molar-refractivity contribution in [1.29, 1.82) is 0 Å². The van der Waals surface area contributed by atoms with E-state index in [0.717, 1.165) is 23.7 Å². The van der Waals surface area contributed by atoms with E-state index >= 15 is 0 Å². The van der Waals surface area contributed by atoms with Crippen molar-refractivity contribution in [1.82, 2.24) is 9.97 Å². The summed E-state index contributed by atoms with van der Waals surface area (Å²) in [5.41, 5.74) is 0.752. The van der Waals surface area contributed by atoms with Gasteiger partial charge in [0.05, 0.1) is 19.2 Å². The zero-order chi connectivity index (χ0) is 13.0. The summed E-state index contributed by atoms with van der Waals surface area (Å²) in [4.78, 5) is 8.12. The first-order chi connectivity index (χ1) is 8.76. The van der Waals surface area contributed by atoms with Crippen LogP contribution in [0.3, 0.4) is 0 Å². The number of nitrogens with zero attached hydrogens (tertiary/aromatic N) is 2. The lowest BCUT2D eigenvalue weighted by Gasteiger charge is -2.11. The Labute approximate surface area is 111 Å². The lowest BCUT2D eigenvalue weighted by atomic mass is 10.2. The van der Waals surface area contributed by atoms with Crippen LogP contribution in [-0.2, 0) is 0 Å². The first-order valence-corrected chi connectivity index (χ1v) is 6.25. The van der Waals surface area contributed by atoms with E-state index in [4.69, 9.17) is 21.1 Å². The van der Waals surface area contributed by atoms with Crippen LogP contribution in [0.5, 0.6) is 11.5 Å². The Morgan fingerprint density at radius 1 is 1.22 bits per heavy atom. The maximum absolute atomic E-state index is 6.02. The van der Waals surface area contributed by atoms with Gasteiger partial charge in [0, 0.05) is 11.5 Å². The average molecular weight is 267 g/mol. The second-order valence-electron chi connectivity index (χ2n) is 3.89. The van der Waals surface area contributed by atoms with E-state index in [1.165, 1.54) is 6.33 Å². The van der Waals surface area contributed by atoms with Crippen LogP contribution in [-0.4, -0.2) is 23.7 Å². The third-order valence-electron chi connectivity index (χ3n) is 2.63. The maximum atomic E-state index is 6.02. The summed E-state index contributed by atoms with van der Waals surface area (Å²) >= 11 is 6.02. The van der Waals surface area contributed by atoms with Gasteiger partial charge in [-0.3, -0.25) is 0 Å². The Balaban J connectivity index is 2.39. The number of hydrogen-bond donors (Lipinski definition) is 0. The molecule has 96 valence electrons. The van der Waals surface area contributed by atoms with Crippen molar-refractivity contribution in [2.45, 2.75) is 19.8 Å². The Hall–Kier alpha value is -1.55. The van der Waals surface area contributed by atoms with Gasteiger partial charge < -0.3 is 9.47 Å². The molecule has 2 aromatic rings. The summed E-state index contributed by atoms with van der Waals surface area (Å²) in [5, 5.41) is 1.18. The molecule has 5 heteroatoms. The number of hydrogen-bond acceptors (Lipinski definition) is 4. The highest BCUT2D eigenvalue weighted by Crippen LogP contribution is 2.33. The molecule has 0 radical (unpaired) electrons. The third kappa shape index (κ3) is 2.64. The molecule has 0 saturated heterocycles. The SMILES string of the molecule is CCCCOc1cc2ncnc(Cl)c2cc1OC. The fourth-order valence-electron chi connectivity index (χ4n) is 1.63. The molecule has 0 fully saturated rings. The molecule has 1 aromatic carbocycles. The summed E-state index contributed by atoms with van der Waals surface area (Å²) in [6.45, 7) is 2.78. The first-order valence-electron chi connectivity index (χ1n) is 5.87. The van der Waals surface area contributed by atoms with Crippen LogP contribution < -0.4 is 9.47 Å². The normalized spacial score (nSPS) is 10.6. The van der Waals surface area contributed by atoms with Crippen LogP contribution in [0.1, 0.15) is 19.8 Å². The van der Waals surface area contributed by atoms with Crippen LogP contribution in [0.2, 0.25) is 5.15 Å². The van der Waals surface area contributed by atoms with Gasteiger partial charge in [0.15, 0.2) is 11.5 Å². The fraction of sp³-hybridized carbons (Fsp3) is 0.385. The lowest BCUT2D eigenvalue weighted by molar-refractivity contribution is 0.289. The number of methoxy groups -OCH3 is 1. The van der Waals surface area contributed by atoms with Gasteiger partial charge >= 0.3 is 0 Å². The van der Waals surface area contributed by atoms with E-state index in [1.54, 1.807) is 13.2 Å². The monoisotopic (exact) mass is 266 g/mol. The van der Waals surface area contributed by atoms with Gasteiger partial charge in [-0.15, -0.1) is 0 Å². The maximum Gasteiger partial charge on any atom is 0.163 e. The highest BCUT2D eigenvalue weighted by atomic mass is 35.5. The highest BCUT2D eigenvalue weighted by molar-refractivity contribution is 6.34. The van der Waals surface area contributed by atoms with E-state index in [-0.39, 0.29) is 0 Å². The van der Waals surface area contributed by atoms with Gasteiger partial charge in [-0.25, -0.2) is 9.97 Å². The number of halogens is 1. The topological polar surface area (TPSA) is 44.2 Å². The van der Waals surface area contributed by atoms with Gasteiger partial charge in [-0.2, -0.15) is 0 Å². The smallest absolute Gasteiger partial charge is 0.163 e. The van der Waals surface area contributed by atoms with Crippen LogP contribution >= 0.6 is 11.6 Å². The Kier molecular flexibility index (Phi) is 4.20. The molecule has 1 aromatic heterocycles. The minimum Gasteiger partial charge on any atom is -0.493 e. The molecule has 0 spiro atoms. The van der Waals surface area contributed by atoms with Crippen molar-refractivity contribution < 1.29 is 9.47 Å². The number of benzene rings is 1. The van der Waals surface area contributed by atoms with Gasteiger partial charge in [0.2, 0.25) is 0 Å². The van der Waals surface area contributed by atoms with Gasteiger partial charge in [-0.05, 0) is 12.5 Å². The predicted octanol–water partition coefficient (Wildman–Crippen LogP) is 3.47. The number of fused-ring (bicyclic) bond motifs is 1. The zero-order valence-corrected chi connectivity index (χ0v) is 11.2.